The monoisotopic (exact) mass is 213 g/mol. The molecular formula is C12H27N3. The third-order valence-corrected chi connectivity index (χ3v) is 3.33. The number of rotatable bonds is 5. The Morgan fingerprint density at radius 1 is 1.07 bits per heavy atom. The Morgan fingerprint density at radius 2 is 1.60 bits per heavy atom. The number of nitrogens with zero attached hydrogens (tertiary/aromatic N) is 2. The molecule has 0 bridgehead atoms. The summed E-state index contributed by atoms with van der Waals surface area (Å²) >= 11 is 0. The predicted molar refractivity (Wildman–Crippen MR) is 66.0 cm³/mol. The van der Waals surface area contributed by atoms with E-state index in [1.807, 2.05) is 0 Å². The van der Waals surface area contributed by atoms with Gasteiger partial charge in [-0.05, 0) is 18.9 Å². The molecule has 3 heteroatoms. The molecule has 0 aromatic heterocycles. The van der Waals surface area contributed by atoms with Gasteiger partial charge in [0, 0.05) is 38.8 Å². The van der Waals surface area contributed by atoms with E-state index in [1.165, 1.54) is 39.1 Å². The molecule has 0 aliphatic carbocycles. The molecule has 3 nitrogen and oxygen atoms in total. The molecule has 1 aliphatic heterocycles. The van der Waals surface area contributed by atoms with Crippen LogP contribution in [0.3, 0.4) is 0 Å². The van der Waals surface area contributed by atoms with Crippen molar-refractivity contribution in [1.82, 2.24) is 9.80 Å². The lowest BCUT2D eigenvalue weighted by Crippen LogP contribution is -2.50. The number of hydrogen-bond donors (Lipinski definition) is 1. The highest BCUT2D eigenvalue weighted by Gasteiger charge is 2.18. The predicted octanol–water partition coefficient (Wildman–Crippen LogP) is 0.997. The second-order valence-corrected chi connectivity index (χ2v) is 5.05. The minimum Gasteiger partial charge on any atom is -0.326 e. The van der Waals surface area contributed by atoms with Crippen LogP contribution in [0.15, 0.2) is 0 Å². The van der Waals surface area contributed by atoms with Crippen LogP contribution >= 0.6 is 0 Å². The Balaban J connectivity index is 2.19. The highest BCUT2D eigenvalue weighted by molar-refractivity contribution is 4.76. The lowest BCUT2D eigenvalue weighted by Gasteiger charge is -2.36. The fourth-order valence-corrected chi connectivity index (χ4v) is 2.02. The molecule has 0 unspecified atom stereocenters. The maximum Gasteiger partial charge on any atom is 0.0191 e. The molecule has 1 atom stereocenters. The Morgan fingerprint density at radius 3 is 2.07 bits per heavy atom. The van der Waals surface area contributed by atoms with Crippen molar-refractivity contribution in [3.8, 4) is 0 Å². The van der Waals surface area contributed by atoms with E-state index >= 15 is 0 Å². The summed E-state index contributed by atoms with van der Waals surface area (Å²) in [4.78, 5) is 5.06. The molecule has 90 valence electrons. The number of nitrogens with two attached hydrogens (primary N) is 1. The van der Waals surface area contributed by atoms with Crippen LogP contribution in [0, 0.1) is 5.92 Å². The zero-order chi connectivity index (χ0) is 11.3. The molecule has 0 spiro atoms. The van der Waals surface area contributed by atoms with E-state index in [1.54, 1.807) is 0 Å². The zero-order valence-corrected chi connectivity index (χ0v) is 10.6. The minimum absolute atomic E-state index is 0.336. The zero-order valence-electron chi connectivity index (χ0n) is 10.6. The molecule has 0 radical (unpaired) electrons. The average molecular weight is 213 g/mol. The first-order chi connectivity index (χ1) is 7.13. The van der Waals surface area contributed by atoms with Crippen LogP contribution in [0.25, 0.3) is 0 Å². The Labute approximate surface area is 94.6 Å². The number of hydrogen-bond acceptors (Lipinski definition) is 3. The van der Waals surface area contributed by atoms with Crippen molar-refractivity contribution in [1.29, 1.82) is 0 Å². The van der Waals surface area contributed by atoms with E-state index in [0.717, 1.165) is 6.54 Å². The summed E-state index contributed by atoms with van der Waals surface area (Å²) in [5.41, 5.74) is 6.09. The van der Waals surface area contributed by atoms with Crippen molar-refractivity contribution in [3.63, 3.8) is 0 Å². The molecule has 0 aromatic carbocycles. The van der Waals surface area contributed by atoms with Gasteiger partial charge in [-0.15, -0.1) is 0 Å². The van der Waals surface area contributed by atoms with Crippen LogP contribution < -0.4 is 5.73 Å². The van der Waals surface area contributed by atoms with Crippen molar-refractivity contribution < 1.29 is 0 Å². The molecule has 0 saturated carbocycles. The molecule has 0 amide bonds. The van der Waals surface area contributed by atoms with E-state index < -0.39 is 0 Å². The fraction of sp³-hybridized carbons (Fsp3) is 1.00. The molecule has 1 heterocycles. The summed E-state index contributed by atoms with van der Waals surface area (Å²) in [5, 5.41) is 0. The third-order valence-electron chi connectivity index (χ3n) is 3.33. The lowest BCUT2D eigenvalue weighted by molar-refractivity contribution is 0.122. The highest BCUT2D eigenvalue weighted by atomic mass is 15.3. The second kappa shape index (κ2) is 6.46. The first-order valence-electron chi connectivity index (χ1n) is 6.33. The molecule has 15 heavy (non-hydrogen) atoms. The minimum atomic E-state index is 0.336. The fourth-order valence-electron chi connectivity index (χ4n) is 2.02. The second-order valence-electron chi connectivity index (χ2n) is 5.05. The third kappa shape index (κ3) is 4.49. The van der Waals surface area contributed by atoms with Gasteiger partial charge < -0.3 is 10.6 Å². The summed E-state index contributed by atoms with van der Waals surface area (Å²) < 4.78 is 0. The number of piperazine rings is 1. The SMILES string of the molecule is CCCN1CCN(C[C@@H](N)C(C)C)CC1. The summed E-state index contributed by atoms with van der Waals surface area (Å²) in [7, 11) is 0. The van der Waals surface area contributed by atoms with Crippen LogP contribution in [0.2, 0.25) is 0 Å². The van der Waals surface area contributed by atoms with E-state index in [-0.39, 0.29) is 0 Å². The van der Waals surface area contributed by atoms with Crippen LogP contribution in [0.4, 0.5) is 0 Å². The van der Waals surface area contributed by atoms with Gasteiger partial charge in [0.1, 0.15) is 0 Å². The van der Waals surface area contributed by atoms with E-state index in [9.17, 15) is 0 Å². The van der Waals surface area contributed by atoms with Gasteiger partial charge in [-0.3, -0.25) is 4.90 Å². The van der Waals surface area contributed by atoms with Crippen LogP contribution in [-0.2, 0) is 0 Å². The van der Waals surface area contributed by atoms with Crippen molar-refractivity contribution >= 4 is 0 Å². The Hall–Kier alpha value is -0.120. The van der Waals surface area contributed by atoms with Gasteiger partial charge in [0.25, 0.3) is 0 Å². The van der Waals surface area contributed by atoms with Gasteiger partial charge in [-0.1, -0.05) is 20.8 Å². The normalized spacial score (nSPS) is 22.2. The van der Waals surface area contributed by atoms with Crippen molar-refractivity contribution in [3.05, 3.63) is 0 Å². The molecule has 1 fully saturated rings. The molecule has 1 aliphatic rings. The smallest absolute Gasteiger partial charge is 0.0191 e. The quantitative estimate of drug-likeness (QED) is 0.739. The van der Waals surface area contributed by atoms with E-state index in [2.05, 4.69) is 30.6 Å². The molecule has 1 rings (SSSR count). The maximum atomic E-state index is 6.09. The summed E-state index contributed by atoms with van der Waals surface area (Å²) in [6.07, 6.45) is 1.27. The highest BCUT2D eigenvalue weighted by Crippen LogP contribution is 2.06. The largest absolute Gasteiger partial charge is 0.326 e. The lowest BCUT2D eigenvalue weighted by atomic mass is 10.0. The summed E-state index contributed by atoms with van der Waals surface area (Å²) in [5.74, 6) is 0.596. The molecule has 0 aromatic rings. The van der Waals surface area contributed by atoms with Crippen LogP contribution in [0.5, 0.6) is 0 Å². The Kier molecular flexibility index (Phi) is 5.58. The van der Waals surface area contributed by atoms with Gasteiger partial charge >= 0.3 is 0 Å². The van der Waals surface area contributed by atoms with Crippen molar-refractivity contribution in [2.75, 3.05) is 39.3 Å². The summed E-state index contributed by atoms with van der Waals surface area (Å²) in [6, 6.07) is 0.336. The van der Waals surface area contributed by atoms with Gasteiger partial charge in [0.15, 0.2) is 0 Å². The van der Waals surface area contributed by atoms with Gasteiger partial charge in [-0.25, -0.2) is 0 Å². The van der Waals surface area contributed by atoms with Gasteiger partial charge in [0.05, 0.1) is 0 Å². The molecule has 2 N–H and O–H groups in total. The van der Waals surface area contributed by atoms with Crippen LogP contribution in [-0.4, -0.2) is 55.1 Å². The van der Waals surface area contributed by atoms with E-state index in [4.69, 9.17) is 5.73 Å². The molecule has 1 saturated heterocycles. The maximum absolute atomic E-state index is 6.09. The van der Waals surface area contributed by atoms with Crippen molar-refractivity contribution in [2.45, 2.75) is 33.2 Å². The van der Waals surface area contributed by atoms with Crippen LogP contribution in [0.1, 0.15) is 27.2 Å². The Bertz CT molecular complexity index is 162. The van der Waals surface area contributed by atoms with Gasteiger partial charge in [0.2, 0.25) is 0 Å². The topological polar surface area (TPSA) is 32.5 Å². The van der Waals surface area contributed by atoms with Crippen molar-refractivity contribution in [2.24, 2.45) is 11.7 Å². The first kappa shape index (κ1) is 12.9. The standard InChI is InChI=1S/C12H27N3/c1-4-5-14-6-8-15(9-7-14)10-12(13)11(2)3/h11-12H,4-10,13H2,1-3H3/t12-/m1/s1. The van der Waals surface area contributed by atoms with E-state index in [0.29, 0.717) is 12.0 Å². The average Bonchev–Trinajstić information content (AvgIpc) is 2.21. The first-order valence-corrected chi connectivity index (χ1v) is 6.33. The van der Waals surface area contributed by atoms with Gasteiger partial charge in [-0.2, -0.15) is 0 Å². The molecular weight excluding hydrogens is 186 g/mol. The summed E-state index contributed by atoms with van der Waals surface area (Å²) in [6.45, 7) is 13.8.